The molecule has 21 heavy (non-hydrogen) atoms. The summed E-state index contributed by atoms with van der Waals surface area (Å²) >= 11 is 0. The molecule has 1 aliphatic rings. The van der Waals surface area contributed by atoms with Crippen molar-refractivity contribution in [3.05, 3.63) is 18.2 Å². The Morgan fingerprint density at radius 3 is 2.76 bits per heavy atom. The molecule has 1 unspecified atom stereocenters. The van der Waals surface area contributed by atoms with Gasteiger partial charge in [0.2, 0.25) is 0 Å². The number of imidazole rings is 1. The predicted molar refractivity (Wildman–Crippen MR) is 81.9 cm³/mol. The Morgan fingerprint density at radius 2 is 2.19 bits per heavy atom. The summed E-state index contributed by atoms with van der Waals surface area (Å²) in [5.74, 6) is 1.19. The minimum Gasteiger partial charge on any atom is -0.347 e. The number of rotatable bonds is 7. The summed E-state index contributed by atoms with van der Waals surface area (Å²) in [5.41, 5.74) is 0. The second-order valence-corrected chi connectivity index (χ2v) is 7.17. The number of hydrogen-bond donors (Lipinski definition) is 3. The van der Waals surface area contributed by atoms with Crippen LogP contribution in [0.15, 0.2) is 12.4 Å². The molecule has 1 saturated heterocycles. The van der Waals surface area contributed by atoms with E-state index < -0.39 is 10.2 Å². The number of aromatic amines is 1. The summed E-state index contributed by atoms with van der Waals surface area (Å²) in [5, 5.41) is 3.33. The highest BCUT2D eigenvalue weighted by Crippen LogP contribution is 2.19. The molecule has 120 valence electrons. The van der Waals surface area contributed by atoms with Crippen LogP contribution < -0.4 is 10.0 Å². The van der Waals surface area contributed by atoms with Gasteiger partial charge in [-0.15, -0.1) is 0 Å². The van der Waals surface area contributed by atoms with Crippen LogP contribution in [0.1, 0.15) is 38.6 Å². The van der Waals surface area contributed by atoms with E-state index in [0.717, 1.165) is 25.9 Å². The fraction of sp³-hybridized carbons (Fsp3) is 0.769. The number of aromatic nitrogens is 2. The summed E-state index contributed by atoms with van der Waals surface area (Å²) in [7, 11) is -3.45. The van der Waals surface area contributed by atoms with Crippen molar-refractivity contribution in [2.45, 2.75) is 32.7 Å². The van der Waals surface area contributed by atoms with Crippen LogP contribution in [0.5, 0.6) is 0 Å². The molecule has 3 N–H and O–H groups in total. The molecule has 1 aliphatic heterocycles. The molecule has 0 bridgehead atoms. The van der Waals surface area contributed by atoms with E-state index >= 15 is 0 Å². The van der Waals surface area contributed by atoms with E-state index in [1.165, 1.54) is 4.31 Å². The van der Waals surface area contributed by atoms with Crippen molar-refractivity contribution in [3.63, 3.8) is 0 Å². The van der Waals surface area contributed by atoms with Gasteiger partial charge in [0.05, 0.1) is 6.04 Å². The number of hydrogen-bond acceptors (Lipinski definition) is 4. The van der Waals surface area contributed by atoms with E-state index in [-0.39, 0.29) is 6.04 Å². The Hall–Kier alpha value is -0.960. The predicted octanol–water partition coefficient (Wildman–Crippen LogP) is 0.627. The standard InChI is InChI=1S/C13H25N5O2S/c1-3-14-10-12-4-8-18(9-5-12)21(19,20)17-11(2)13-15-6-7-16-13/h6-7,11-12,14,17H,3-5,8-10H2,1-2H3,(H,15,16). The van der Waals surface area contributed by atoms with Gasteiger partial charge in [0.15, 0.2) is 0 Å². The van der Waals surface area contributed by atoms with Gasteiger partial charge in [-0.2, -0.15) is 17.4 Å². The maximum atomic E-state index is 12.4. The lowest BCUT2D eigenvalue weighted by Crippen LogP contribution is -2.46. The van der Waals surface area contributed by atoms with E-state index in [2.05, 4.69) is 26.9 Å². The fourth-order valence-corrected chi connectivity index (χ4v) is 3.97. The Labute approximate surface area is 126 Å². The Balaban J connectivity index is 1.86. The van der Waals surface area contributed by atoms with Crippen molar-refractivity contribution in [1.82, 2.24) is 24.3 Å². The highest BCUT2D eigenvalue weighted by molar-refractivity contribution is 7.87. The van der Waals surface area contributed by atoms with Crippen LogP contribution in [0.3, 0.4) is 0 Å². The van der Waals surface area contributed by atoms with Crippen LogP contribution in [0, 0.1) is 5.92 Å². The molecule has 2 rings (SSSR count). The molecular weight excluding hydrogens is 290 g/mol. The third kappa shape index (κ3) is 4.50. The van der Waals surface area contributed by atoms with Crippen LogP contribution in [0.4, 0.5) is 0 Å². The van der Waals surface area contributed by atoms with Gasteiger partial charge in [0.1, 0.15) is 5.82 Å². The average Bonchev–Trinajstić information content (AvgIpc) is 2.99. The van der Waals surface area contributed by atoms with Crippen molar-refractivity contribution in [3.8, 4) is 0 Å². The second kappa shape index (κ2) is 7.35. The normalized spacial score (nSPS) is 19.7. The average molecular weight is 315 g/mol. The lowest BCUT2D eigenvalue weighted by atomic mass is 9.98. The Morgan fingerprint density at radius 1 is 1.48 bits per heavy atom. The van der Waals surface area contributed by atoms with E-state index in [9.17, 15) is 8.42 Å². The molecule has 2 heterocycles. The molecule has 7 nitrogen and oxygen atoms in total. The van der Waals surface area contributed by atoms with E-state index in [1.807, 2.05) is 0 Å². The first-order valence-electron chi connectivity index (χ1n) is 7.50. The molecule has 0 aliphatic carbocycles. The summed E-state index contributed by atoms with van der Waals surface area (Å²) in [6, 6.07) is -0.357. The highest BCUT2D eigenvalue weighted by Gasteiger charge is 2.29. The van der Waals surface area contributed by atoms with Gasteiger partial charge >= 0.3 is 0 Å². The van der Waals surface area contributed by atoms with Crippen LogP contribution in [-0.4, -0.2) is 48.9 Å². The zero-order chi connectivity index (χ0) is 15.3. The number of nitrogens with zero attached hydrogens (tertiary/aromatic N) is 2. The molecule has 1 fully saturated rings. The van der Waals surface area contributed by atoms with Crippen LogP contribution in [-0.2, 0) is 10.2 Å². The molecule has 0 amide bonds. The van der Waals surface area contributed by atoms with Gasteiger partial charge in [-0.05, 0) is 38.8 Å². The van der Waals surface area contributed by atoms with Crippen LogP contribution in [0.25, 0.3) is 0 Å². The lowest BCUT2D eigenvalue weighted by molar-refractivity contribution is 0.265. The zero-order valence-electron chi connectivity index (χ0n) is 12.7. The molecule has 0 spiro atoms. The number of H-pyrrole nitrogens is 1. The maximum Gasteiger partial charge on any atom is 0.280 e. The molecular formula is C13H25N5O2S. The Bertz CT molecular complexity index is 509. The maximum absolute atomic E-state index is 12.4. The molecule has 1 atom stereocenters. The molecule has 8 heteroatoms. The minimum atomic E-state index is -3.45. The molecule has 1 aromatic heterocycles. The van der Waals surface area contributed by atoms with E-state index in [1.54, 1.807) is 19.3 Å². The zero-order valence-corrected chi connectivity index (χ0v) is 13.5. The summed E-state index contributed by atoms with van der Waals surface area (Å²) in [6.45, 7) is 6.96. The van der Waals surface area contributed by atoms with Gasteiger partial charge in [-0.1, -0.05) is 6.92 Å². The Kier molecular flexibility index (Phi) is 5.74. The van der Waals surface area contributed by atoms with Gasteiger partial charge in [-0.3, -0.25) is 0 Å². The topological polar surface area (TPSA) is 90.1 Å². The van der Waals surface area contributed by atoms with Gasteiger partial charge < -0.3 is 10.3 Å². The highest BCUT2D eigenvalue weighted by atomic mass is 32.2. The lowest BCUT2D eigenvalue weighted by Gasteiger charge is -2.31. The van der Waals surface area contributed by atoms with Gasteiger partial charge in [0, 0.05) is 25.5 Å². The smallest absolute Gasteiger partial charge is 0.280 e. The number of nitrogens with one attached hydrogen (secondary N) is 3. The molecule has 0 saturated carbocycles. The third-order valence-corrected chi connectivity index (χ3v) is 5.55. The minimum absolute atomic E-state index is 0.357. The summed E-state index contributed by atoms with van der Waals surface area (Å²) in [6.07, 6.45) is 5.12. The third-order valence-electron chi connectivity index (χ3n) is 3.85. The van der Waals surface area contributed by atoms with Gasteiger partial charge in [-0.25, -0.2) is 4.98 Å². The molecule has 0 aromatic carbocycles. The van der Waals surface area contributed by atoms with Gasteiger partial charge in [0.25, 0.3) is 10.2 Å². The first kappa shape index (κ1) is 16.4. The fourth-order valence-electron chi connectivity index (χ4n) is 2.57. The molecule has 1 aromatic rings. The first-order chi connectivity index (χ1) is 10.0. The van der Waals surface area contributed by atoms with E-state index in [0.29, 0.717) is 24.8 Å². The quantitative estimate of drug-likeness (QED) is 0.688. The van der Waals surface area contributed by atoms with E-state index in [4.69, 9.17) is 0 Å². The summed E-state index contributed by atoms with van der Waals surface area (Å²) in [4.78, 5) is 7.01. The number of piperidine rings is 1. The van der Waals surface area contributed by atoms with Crippen molar-refractivity contribution in [2.24, 2.45) is 5.92 Å². The molecule has 0 radical (unpaired) electrons. The van der Waals surface area contributed by atoms with Crippen LogP contribution >= 0.6 is 0 Å². The van der Waals surface area contributed by atoms with Crippen LogP contribution in [0.2, 0.25) is 0 Å². The van der Waals surface area contributed by atoms with Crippen molar-refractivity contribution < 1.29 is 8.42 Å². The largest absolute Gasteiger partial charge is 0.347 e. The monoisotopic (exact) mass is 315 g/mol. The first-order valence-corrected chi connectivity index (χ1v) is 8.94. The van der Waals surface area contributed by atoms with Crippen molar-refractivity contribution in [2.75, 3.05) is 26.2 Å². The van der Waals surface area contributed by atoms with Crippen molar-refractivity contribution in [1.29, 1.82) is 0 Å². The van der Waals surface area contributed by atoms with Crippen molar-refractivity contribution >= 4 is 10.2 Å². The second-order valence-electron chi connectivity index (χ2n) is 5.47. The summed E-state index contributed by atoms with van der Waals surface area (Å²) < 4.78 is 29.0. The SMILES string of the molecule is CCNCC1CCN(S(=O)(=O)NC(C)c2ncc[nH]2)CC1.